The minimum atomic E-state index is 1.11. The van der Waals surface area contributed by atoms with E-state index in [1.54, 1.807) is 0 Å². The van der Waals surface area contributed by atoms with E-state index in [9.17, 15) is 0 Å². The van der Waals surface area contributed by atoms with E-state index in [1.807, 2.05) is 12.2 Å². The third kappa shape index (κ3) is 0.713. The third-order valence-electron chi connectivity index (χ3n) is 0.806. The lowest BCUT2D eigenvalue weighted by Crippen LogP contribution is -1.68. The summed E-state index contributed by atoms with van der Waals surface area (Å²) < 4.78 is 0. The molecule has 0 heteroatoms. The second kappa shape index (κ2) is 1.81. The van der Waals surface area contributed by atoms with Crippen molar-refractivity contribution in [3.63, 3.8) is 0 Å². The molecule has 32 valence electrons. The van der Waals surface area contributed by atoms with Crippen molar-refractivity contribution in [1.29, 1.82) is 0 Å². The van der Waals surface area contributed by atoms with Gasteiger partial charge in [-0.2, -0.15) is 6.08 Å². The molecule has 0 fully saturated rings. The van der Waals surface area contributed by atoms with Gasteiger partial charge in [-0.25, -0.2) is 12.2 Å². The zero-order chi connectivity index (χ0) is 4.24. The summed E-state index contributed by atoms with van der Waals surface area (Å²) in [5.74, 6) is 0. The van der Waals surface area contributed by atoms with Gasteiger partial charge in [0.15, 0.2) is 0 Å². The molecular weight excluding hydrogens is 72.1 g/mol. The van der Waals surface area contributed by atoms with Crippen LogP contribution in [0.15, 0.2) is 18.2 Å². The molecule has 0 heterocycles. The second-order valence-electron chi connectivity index (χ2n) is 1.34. The van der Waals surface area contributed by atoms with Gasteiger partial charge in [0, 0.05) is 0 Å². The Morgan fingerprint density at radius 3 is 2.67 bits per heavy atom. The molecular formula is C6H7-. The average molecular weight is 79.1 g/mol. The second-order valence-corrected chi connectivity index (χ2v) is 1.34. The molecule has 1 aliphatic rings. The van der Waals surface area contributed by atoms with Crippen LogP contribution in [-0.4, -0.2) is 0 Å². The molecule has 0 saturated carbocycles. The van der Waals surface area contributed by atoms with Crippen LogP contribution in [0, 0.1) is 6.08 Å². The topological polar surface area (TPSA) is 0 Å². The first-order valence-corrected chi connectivity index (χ1v) is 2.22. The fourth-order valence-electron chi connectivity index (χ4n) is 0.482. The summed E-state index contributed by atoms with van der Waals surface area (Å²) in [5, 5.41) is 0. The lowest BCUT2D eigenvalue weighted by molar-refractivity contribution is 1.01. The fourth-order valence-corrected chi connectivity index (χ4v) is 0.482. The van der Waals surface area contributed by atoms with Gasteiger partial charge in [-0.05, 0) is 0 Å². The summed E-state index contributed by atoms with van der Waals surface area (Å²) in [7, 11) is 0. The van der Waals surface area contributed by atoms with Gasteiger partial charge in [0.05, 0.1) is 0 Å². The molecule has 0 aromatic rings. The Kier molecular flexibility index (Phi) is 1.10. The number of hydrogen-bond acceptors (Lipinski definition) is 0. The maximum Gasteiger partial charge on any atom is -0.0639 e. The van der Waals surface area contributed by atoms with Crippen molar-refractivity contribution in [2.75, 3.05) is 0 Å². The lowest BCUT2D eigenvalue weighted by Gasteiger charge is -1.99. The fraction of sp³-hybridized carbons (Fsp3) is 0.333. The molecule has 6 heavy (non-hydrogen) atoms. The van der Waals surface area contributed by atoms with Crippen LogP contribution in [0.1, 0.15) is 12.8 Å². The highest BCUT2D eigenvalue weighted by Gasteiger charge is 1.67. The molecule has 0 bridgehead atoms. The Labute approximate surface area is 38.2 Å². The van der Waals surface area contributed by atoms with Crippen molar-refractivity contribution < 1.29 is 0 Å². The van der Waals surface area contributed by atoms with Crippen molar-refractivity contribution >= 4 is 0 Å². The van der Waals surface area contributed by atoms with Crippen LogP contribution in [0.3, 0.4) is 0 Å². The van der Waals surface area contributed by atoms with Crippen molar-refractivity contribution in [3.8, 4) is 0 Å². The maximum atomic E-state index is 3.07. The van der Waals surface area contributed by atoms with Gasteiger partial charge in [-0.3, -0.25) is 6.08 Å². The van der Waals surface area contributed by atoms with Gasteiger partial charge in [0.2, 0.25) is 0 Å². The van der Waals surface area contributed by atoms with Crippen LogP contribution >= 0.6 is 0 Å². The SMILES string of the molecule is [C-]1=CC=CCC1. The molecule has 0 atom stereocenters. The lowest BCUT2D eigenvalue weighted by atomic mass is 10.2. The first-order chi connectivity index (χ1) is 3.00. The van der Waals surface area contributed by atoms with E-state index in [1.165, 1.54) is 6.42 Å². The summed E-state index contributed by atoms with van der Waals surface area (Å²) in [5.41, 5.74) is 0. The van der Waals surface area contributed by atoms with E-state index >= 15 is 0 Å². The standard InChI is InChI=1S/C6H7/c1-2-4-6-5-3-1/h1-3H,4,6H2/q-1. The van der Waals surface area contributed by atoms with E-state index < -0.39 is 0 Å². The quantitative estimate of drug-likeness (QED) is 0.388. The minimum absolute atomic E-state index is 1.11. The monoisotopic (exact) mass is 79.1 g/mol. The summed E-state index contributed by atoms with van der Waals surface area (Å²) in [6.07, 6.45) is 11.5. The van der Waals surface area contributed by atoms with Crippen LogP contribution < -0.4 is 0 Å². The zero-order valence-electron chi connectivity index (χ0n) is 3.65. The van der Waals surface area contributed by atoms with Gasteiger partial charge < -0.3 is 0 Å². The zero-order valence-corrected chi connectivity index (χ0v) is 3.65. The highest BCUT2D eigenvalue weighted by Crippen LogP contribution is 1.96. The van der Waals surface area contributed by atoms with E-state index in [4.69, 9.17) is 0 Å². The highest BCUT2D eigenvalue weighted by molar-refractivity contribution is 5.03. The molecule has 0 aromatic carbocycles. The van der Waals surface area contributed by atoms with E-state index in [0.717, 1.165) is 6.42 Å². The maximum absolute atomic E-state index is 3.07. The molecule has 0 aliphatic heterocycles. The molecule has 1 rings (SSSR count). The normalized spacial score (nSPS) is 18.7. The third-order valence-corrected chi connectivity index (χ3v) is 0.806. The van der Waals surface area contributed by atoms with Crippen LogP contribution in [0.5, 0.6) is 0 Å². The molecule has 0 aromatic heterocycles. The first-order valence-electron chi connectivity index (χ1n) is 2.22. The van der Waals surface area contributed by atoms with Crippen LogP contribution in [0.2, 0.25) is 0 Å². The number of hydrogen-bond donors (Lipinski definition) is 0. The predicted octanol–water partition coefficient (Wildman–Crippen LogP) is 1.70. The Balaban J connectivity index is 2.46. The van der Waals surface area contributed by atoms with E-state index in [-0.39, 0.29) is 0 Å². The molecule has 0 nitrogen and oxygen atoms in total. The molecule has 0 unspecified atom stereocenters. The Bertz CT molecular complexity index is 66.0. The van der Waals surface area contributed by atoms with Gasteiger partial charge in [-0.15, -0.1) is 6.42 Å². The van der Waals surface area contributed by atoms with Gasteiger partial charge in [-0.1, -0.05) is 6.42 Å². The van der Waals surface area contributed by atoms with E-state index in [0.29, 0.717) is 0 Å². The van der Waals surface area contributed by atoms with Crippen LogP contribution in [0.25, 0.3) is 0 Å². The van der Waals surface area contributed by atoms with E-state index in [2.05, 4.69) is 12.2 Å². The highest BCUT2D eigenvalue weighted by atomic mass is 13.8. The van der Waals surface area contributed by atoms with Crippen molar-refractivity contribution in [1.82, 2.24) is 0 Å². The minimum Gasteiger partial charge on any atom is -0.275 e. The molecule has 0 amide bonds. The molecule has 0 radical (unpaired) electrons. The van der Waals surface area contributed by atoms with Crippen LogP contribution in [0.4, 0.5) is 0 Å². The number of rotatable bonds is 0. The number of allylic oxidation sites excluding steroid dienone is 4. The molecule has 0 spiro atoms. The Morgan fingerprint density at radius 1 is 1.50 bits per heavy atom. The van der Waals surface area contributed by atoms with Crippen molar-refractivity contribution in [2.24, 2.45) is 0 Å². The van der Waals surface area contributed by atoms with Gasteiger partial charge in [0.1, 0.15) is 0 Å². The Morgan fingerprint density at radius 2 is 2.50 bits per heavy atom. The van der Waals surface area contributed by atoms with Gasteiger partial charge in [0.25, 0.3) is 0 Å². The van der Waals surface area contributed by atoms with Crippen LogP contribution in [-0.2, 0) is 0 Å². The largest absolute Gasteiger partial charge is 0.275 e. The summed E-state index contributed by atoms with van der Waals surface area (Å²) in [4.78, 5) is 0. The molecule has 0 saturated heterocycles. The van der Waals surface area contributed by atoms with Crippen molar-refractivity contribution in [3.05, 3.63) is 24.3 Å². The first kappa shape index (κ1) is 3.66. The summed E-state index contributed by atoms with van der Waals surface area (Å²) in [6.45, 7) is 0. The summed E-state index contributed by atoms with van der Waals surface area (Å²) >= 11 is 0. The van der Waals surface area contributed by atoms with Gasteiger partial charge >= 0.3 is 0 Å². The summed E-state index contributed by atoms with van der Waals surface area (Å²) in [6, 6.07) is 0. The predicted molar refractivity (Wildman–Crippen MR) is 26.2 cm³/mol. The smallest absolute Gasteiger partial charge is 0.0639 e. The Hall–Kier alpha value is -0.520. The molecule has 0 N–H and O–H groups in total. The average Bonchev–Trinajstić information content (AvgIpc) is 1.72. The van der Waals surface area contributed by atoms with Crippen molar-refractivity contribution in [2.45, 2.75) is 12.8 Å². The molecule has 1 aliphatic carbocycles.